The van der Waals surface area contributed by atoms with Crippen molar-refractivity contribution in [3.63, 3.8) is 0 Å². The average molecular weight is 660 g/mol. The summed E-state index contributed by atoms with van der Waals surface area (Å²) in [4.78, 5) is 30.3. The molecule has 39 heavy (non-hydrogen) atoms. The van der Waals surface area contributed by atoms with Gasteiger partial charge in [-0.25, -0.2) is 9.37 Å². The molecule has 0 fully saturated rings. The van der Waals surface area contributed by atoms with Gasteiger partial charge in [0.25, 0.3) is 11.5 Å². The van der Waals surface area contributed by atoms with Crippen molar-refractivity contribution in [2.24, 2.45) is 5.10 Å². The van der Waals surface area contributed by atoms with Crippen molar-refractivity contribution < 1.29 is 18.7 Å². The minimum atomic E-state index is -0.461. The van der Waals surface area contributed by atoms with Crippen LogP contribution in [-0.4, -0.2) is 35.0 Å². The van der Waals surface area contributed by atoms with Crippen molar-refractivity contribution >= 4 is 60.6 Å². The number of nitrogens with zero attached hydrogens (tertiary/aromatic N) is 3. The minimum Gasteiger partial charge on any atom is -0.490 e. The number of aromatic nitrogens is 2. The van der Waals surface area contributed by atoms with Gasteiger partial charge in [-0.15, -0.1) is 0 Å². The lowest BCUT2D eigenvalue weighted by Crippen LogP contribution is -2.23. The summed E-state index contributed by atoms with van der Waals surface area (Å²) in [7, 11) is 0. The molecule has 0 aliphatic heterocycles. The summed E-state index contributed by atoms with van der Waals surface area (Å²) >= 11 is 6.89. The highest BCUT2D eigenvalue weighted by molar-refractivity contribution is 9.10. The van der Waals surface area contributed by atoms with Gasteiger partial charge in [-0.1, -0.05) is 35.8 Å². The summed E-state index contributed by atoms with van der Waals surface area (Å²) < 4.78 is 27.5. The van der Waals surface area contributed by atoms with E-state index in [4.69, 9.17) is 9.47 Å². The molecule has 11 heteroatoms. The van der Waals surface area contributed by atoms with Gasteiger partial charge >= 0.3 is 0 Å². The number of fused-ring (bicyclic) bond motifs is 1. The third-order valence-corrected chi connectivity index (χ3v) is 6.54. The fourth-order valence-corrected chi connectivity index (χ4v) is 4.68. The topological polar surface area (TPSA) is 94.8 Å². The van der Waals surface area contributed by atoms with Crippen molar-refractivity contribution in [2.75, 3.05) is 18.5 Å². The lowest BCUT2D eigenvalue weighted by Gasteiger charge is -2.15. The highest BCUT2D eigenvalue weighted by Crippen LogP contribution is 2.36. The van der Waals surface area contributed by atoms with E-state index in [0.29, 0.717) is 50.6 Å². The summed E-state index contributed by atoms with van der Waals surface area (Å²) in [5, 5.41) is 7.50. The molecule has 202 valence electrons. The molecular formula is C28H25Br2FN4O4. The number of hydrogen-bond acceptors (Lipinski definition) is 6. The van der Waals surface area contributed by atoms with Gasteiger partial charge in [0.15, 0.2) is 18.1 Å². The van der Waals surface area contributed by atoms with E-state index in [2.05, 4.69) is 47.3 Å². The molecule has 4 rings (SSSR count). The van der Waals surface area contributed by atoms with Gasteiger partial charge < -0.3 is 14.8 Å². The fourth-order valence-electron chi connectivity index (χ4n) is 3.74. The van der Waals surface area contributed by atoms with Crippen LogP contribution in [0.1, 0.15) is 38.1 Å². The molecule has 0 unspecified atom stereocenters. The van der Waals surface area contributed by atoms with E-state index in [1.165, 1.54) is 29.1 Å². The van der Waals surface area contributed by atoms with Crippen LogP contribution in [0.5, 0.6) is 11.5 Å². The van der Waals surface area contributed by atoms with Gasteiger partial charge in [-0.2, -0.15) is 9.78 Å². The largest absolute Gasteiger partial charge is 0.490 e. The highest BCUT2D eigenvalue weighted by Gasteiger charge is 2.16. The van der Waals surface area contributed by atoms with E-state index in [0.717, 1.165) is 4.47 Å². The molecule has 1 aromatic heterocycles. The summed E-state index contributed by atoms with van der Waals surface area (Å²) in [5.41, 5.74) is 1.26. The van der Waals surface area contributed by atoms with E-state index >= 15 is 0 Å². The standard InChI is InChI=1S/C28H25Br2FN4O4/c1-4-38-24-11-17(10-22(30)26(24)39-15-25(36)33-20-7-5-6-19(31)13-20)14-32-35-27(16(2)3)34-23-9-8-18(29)12-21(23)28(35)37/h5-14,16H,4,15H2,1-3H3,(H,33,36). The molecule has 4 aromatic rings. The molecule has 0 aliphatic carbocycles. The van der Waals surface area contributed by atoms with Gasteiger partial charge in [0.1, 0.15) is 11.6 Å². The first-order valence-corrected chi connectivity index (χ1v) is 13.7. The molecule has 1 amide bonds. The molecule has 0 radical (unpaired) electrons. The van der Waals surface area contributed by atoms with Crippen molar-refractivity contribution in [1.29, 1.82) is 0 Å². The minimum absolute atomic E-state index is 0.0529. The van der Waals surface area contributed by atoms with Crippen LogP contribution in [0.4, 0.5) is 10.1 Å². The maximum Gasteiger partial charge on any atom is 0.282 e. The van der Waals surface area contributed by atoms with Crippen LogP contribution in [-0.2, 0) is 4.79 Å². The SMILES string of the molecule is CCOc1cc(C=Nn2c(C(C)C)nc3ccc(Br)cc3c2=O)cc(Br)c1OCC(=O)Nc1cccc(F)c1. The van der Waals surface area contributed by atoms with Crippen LogP contribution in [0.3, 0.4) is 0 Å². The Morgan fingerprint density at radius 2 is 1.95 bits per heavy atom. The molecule has 0 saturated heterocycles. The van der Waals surface area contributed by atoms with Crippen LogP contribution in [0.25, 0.3) is 10.9 Å². The highest BCUT2D eigenvalue weighted by atomic mass is 79.9. The zero-order valence-electron chi connectivity index (χ0n) is 21.4. The third-order valence-electron chi connectivity index (χ3n) is 5.46. The molecule has 8 nitrogen and oxygen atoms in total. The molecule has 0 aliphatic rings. The van der Waals surface area contributed by atoms with Crippen LogP contribution < -0.4 is 20.3 Å². The first-order chi connectivity index (χ1) is 18.7. The molecule has 3 aromatic carbocycles. The number of amides is 1. The van der Waals surface area contributed by atoms with E-state index in [9.17, 15) is 14.0 Å². The first kappa shape index (κ1) is 28.4. The molecular weight excluding hydrogens is 635 g/mol. The number of anilines is 1. The van der Waals surface area contributed by atoms with Crippen LogP contribution in [0, 0.1) is 5.82 Å². The Morgan fingerprint density at radius 1 is 1.15 bits per heavy atom. The lowest BCUT2D eigenvalue weighted by atomic mass is 10.2. The summed E-state index contributed by atoms with van der Waals surface area (Å²) in [6.07, 6.45) is 1.53. The maximum atomic E-state index is 13.4. The average Bonchev–Trinajstić information content (AvgIpc) is 2.88. The van der Waals surface area contributed by atoms with E-state index < -0.39 is 11.7 Å². The van der Waals surface area contributed by atoms with Crippen LogP contribution >= 0.6 is 31.9 Å². The van der Waals surface area contributed by atoms with E-state index in [1.54, 1.807) is 30.3 Å². The summed E-state index contributed by atoms with van der Waals surface area (Å²) in [6, 6.07) is 14.4. The monoisotopic (exact) mass is 658 g/mol. The second-order valence-electron chi connectivity index (χ2n) is 8.76. The number of hydrogen-bond donors (Lipinski definition) is 1. The van der Waals surface area contributed by atoms with Crippen molar-refractivity contribution in [3.05, 3.63) is 91.1 Å². The molecule has 0 spiro atoms. The number of halogens is 3. The fraction of sp³-hybridized carbons (Fsp3) is 0.214. The Kier molecular flexibility index (Phi) is 9.13. The zero-order valence-corrected chi connectivity index (χ0v) is 24.5. The maximum absolute atomic E-state index is 13.4. The van der Waals surface area contributed by atoms with Crippen LogP contribution in [0.15, 0.2) is 73.4 Å². The molecule has 0 bridgehead atoms. The molecule has 1 heterocycles. The van der Waals surface area contributed by atoms with Gasteiger partial charge in [-0.05, 0) is 76.9 Å². The number of benzene rings is 3. The molecule has 1 N–H and O–H groups in total. The van der Waals surface area contributed by atoms with Gasteiger partial charge in [0.05, 0.1) is 28.2 Å². The smallest absolute Gasteiger partial charge is 0.282 e. The number of ether oxygens (including phenoxy) is 2. The Morgan fingerprint density at radius 3 is 2.67 bits per heavy atom. The van der Waals surface area contributed by atoms with Gasteiger partial charge in [0, 0.05) is 16.1 Å². The molecule has 0 atom stereocenters. The van der Waals surface area contributed by atoms with Crippen molar-refractivity contribution in [3.8, 4) is 11.5 Å². The summed E-state index contributed by atoms with van der Waals surface area (Å²) in [6.45, 7) is 5.73. The number of carbonyl (C=O) groups excluding carboxylic acids is 1. The Bertz CT molecular complexity index is 1620. The first-order valence-electron chi connectivity index (χ1n) is 12.1. The predicted molar refractivity (Wildman–Crippen MR) is 157 cm³/mol. The normalized spacial score (nSPS) is 11.4. The predicted octanol–water partition coefficient (Wildman–Crippen LogP) is 6.48. The molecule has 0 saturated carbocycles. The Hall–Kier alpha value is -3.57. The van der Waals surface area contributed by atoms with E-state index in [-0.39, 0.29) is 18.1 Å². The van der Waals surface area contributed by atoms with Crippen molar-refractivity contribution in [2.45, 2.75) is 26.7 Å². The zero-order chi connectivity index (χ0) is 28.1. The second kappa shape index (κ2) is 12.5. The van der Waals surface area contributed by atoms with Crippen molar-refractivity contribution in [1.82, 2.24) is 9.66 Å². The second-order valence-corrected chi connectivity index (χ2v) is 10.5. The lowest BCUT2D eigenvalue weighted by molar-refractivity contribution is -0.118. The van der Waals surface area contributed by atoms with Crippen LogP contribution in [0.2, 0.25) is 0 Å². The number of rotatable bonds is 9. The Balaban J connectivity index is 1.61. The third kappa shape index (κ3) is 6.90. The summed E-state index contributed by atoms with van der Waals surface area (Å²) in [5.74, 6) is 0.256. The Labute approximate surface area is 241 Å². The quantitative estimate of drug-likeness (QED) is 0.208. The van der Waals surface area contributed by atoms with Gasteiger partial charge in [0.2, 0.25) is 0 Å². The number of carbonyl (C=O) groups is 1. The number of nitrogens with one attached hydrogen (secondary N) is 1. The van der Waals surface area contributed by atoms with E-state index in [1.807, 2.05) is 26.8 Å². The van der Waals surface area contributed by atoms with Gasteiger partial charge in [-0.3, -0.25) is 9.59 Å².